The van der Waals surface area contributed by atoms with Crippen LogP contribution in [0, 0.1) is 5.92 Å². The first-order valence-electron chi connectivity index (χ1n) is 12.6. The Labute approximate surface area is 200 Å². The molecule has 178 valence electrons. The van der Waals surface area contributed by atoms with Gasteiger partial charge in [-0.2, -0.15) is 0 Å². The van der Waals surface area contributed by atoms with Crippen molar-refractivity contribution in [2.24, 2.45) is 5.92 Å². The Hall–Kier alpha value is -2.84. The van der Waals surface area contributed by atoms with Gasteiger partial charge in [0.2, 0.25) is 0 Å². The minimum absolute atomic E-state index is 0.204. The number of benzene rings is 1. The molecule has 4 heterocycles. The Balaban J connectivity index is 1.12. The fourth-order valence-electron chi connectivity index (χ4n) is 5.39. The predicted octanol–water partition coefficient (Wildman–Crippen LogP) is 3.08. The molecule has 0 amide bonds. The normalized spacial score (nSPS) is 23.0. The molecule has 34 heavy (non-hydrogen) atoms. The highest BCUT2D eigenvalue weighted by atomic mass is 16.5. The van der Waals surface area contributed by atoms with Gasteiger partial charge in [0, 0.05) is 56.4 Å². The molecule has 8 heteroatoms. The molecular weight excluding hydrogens is 428 g/mol. The number of rotatable bonds is 5. The van der Waals surface area contributed by atoms with E-state index in [1.54, 1.807) is 12.4 Å². The van der Waals surface area contributed by atoms with Crippen molar-refractivity contribution in [1.82, 2.24) is 25.3 Å². The lowest BCUT2D eigenvalue weighted by Gasteiger charge is -2.31. The maximum Gasteiger partial charge on any atom is 0.149 e. The summed E-state index contributed by atoms with van der Waals surface area (Å²) in [7, 11) is 0. The lowest BCUT2D eigenvalue weighted by atomic mass is 9.85. The van der Waals surface area contributed by atoms with Crippen LogP contribution in [0.25, 0.3) is 11.0 Å². The predicted molar refractivity (Wildman–Crippen MR) is 130 cm³/mol. The highest BCUT2D eigenvalue weighted by Crippen LogP contribution is 2.34. The van der Waals surface area contributed by atoms with Crippen molar-refractivity contribution in [1.29, 1.82) is 0 Å². The Morgan fingerprint density at radius 2 is 1.88 bits per heavy atom. The minimum atomic E-state index is 0.204. The van der Waals surface area contributed by atoms with E-state index in [9.17, 15) is 0 Å². The van der Waals surface area contributed by atoms with E-state index in [2.05, 4.69) is 37.3 Å². The zero-order valence-corrected chi connectivity index (χ0v) is 19.6. The van der Waals surface area contributed by atoms with Crippen LogP contribution in [0.15, 0.2) is 30.7 Å². The molecule has 0 spiro atoms. The first-order chi connectivity index (χ1) is 16.8. The zero-order valence-electron chi connectivity index (χ0n) is 19.6. The van der Waals surface area contributed by atoms with E-state index in [1.165, 1.54) is 11.3 Å². The van der Waals surface area contributed by atoms with Gasteiger partial charge in [-0.15, -0.1) is 0 Å². The molecule has 8 nitrogen and oxygen atoms in total. The standard InChI is InChI=1S/C26H32N6O2/c1-3-21(4-2-18(1)13-25-30-16-19-5-6-27-17-23(19)31-25)34-24-15-20(32-9-11-33-12-10-32)14-22-26(24)29-8-7-28-22/h7-8,14-16,18,21,27H,1-6,9-13,17H2. The lowest BCUT2D eigenvalue weighted by Crippen LogP contribution is -2.36. The summed E-state index contributed by atoms with van der Waals surface area (Å²) in [5.74, 6) is 2.46. The maximum atomic E-state index is 6.57. The van der Waals surface area contributed by atoms with Gasteiger partial charge in [-0.05, 0) is 56.2 Å². The SMILES string of the molecule is c1cnc2c(OC3CCC(Cc4ncc5c(n4)CNCC5)CC3)cc(N3CCOCC3)cc2n1. The molecule has 2 aromatic heterocycles. The Bertz CT molecular complexity index is 1140. The number of anilines is 1. The van der Waals surface area contributed by atoms with Crippen molar-refractivity contribution in [2.45, 2.75) is 51.2 Å². The number of morpholine rings is 1. The molecule has 6 rings (SSSR count). The average Bonchev–Trinajstić information content (AvgIpc) is 2.90. The Morgan fingerprint density at radius 1 is 1.03 bits per heavy atom. The minimum Gasteiger partial charge on any atom is -0.488 e. The topological polar surface area (TPSA) is 85.3 Å². The second-order valence-corrected chi connectivity index (χ2v) is 9.62. The van der Waals surface area contributed by atoms with Crippen LogP contribution >= 0.6 is 0 Å². The van der Waals surface area contributed by atoms with Gasteiger partial charge in [-0.3, -0.25) is 4.98 Å². The van der Waals surface area contributed by atoms with Crippen molar-refractivity contribution in [3.63, 3.8) is 0 Å². The van der Waals surface area contributed by atoms with Crippen LogP contribution in [-0.2, 0) is 24.1 Å². The third kappa shape index (κ3) is 4.70. The van der Waals surface area contributed by atoms with Crippen LogP contribution in [0.1, 0.15) is 42.8 Å². The largest absolute Gasteiger partial charge is 0.488 e. The summed E-state index contributed by atoms with van der Waals surface area (Å²) in [6, 6.07) is 4.26. The van der Waals surface area contributed by atoms with Crippen molar-refractivity contribution < 1.29 is 9.47 Å². The molecule has 1 N–H and O–H groups in total. The van der Waals surface area contributed by atoms with Gasteiger partial charge in [-0.1, -0.05) is 0 Å². The van der Waals surface area contributed by atoms with Gasteiger partial charge in [0.15, 0.2) is 0 Å². The zero-order chi connectivity index (χ0) is 22.7. The van der Waals surface area contributed by atoms with E-state index in [4.69, 9.17) is 14.5 Å². The number of ether oxygens (including phenoxy) is 2. The van der Waals surface area contributed by atoms with E-state index in [1.807, 2.05) is 6.20 Å². The van der Waals surface area contributed by atoms with Crippen LogP contribution < -0.4 is 15.0 Å². The second kappa shape index (κ2) is 9.80. The molecule has 0 atom stereocenters. The fraction of sp³-hybridized carbons (Fsp3) is 0.538. The van der Waals surface area contributed by atoms with Gasteiger partial charge in [0.1, 0.15) is 17.1 Å². The van der Waals surface area contributed by atoms with Gasteiger partial charge in [-0.25, -0.2) is 15.0 Å². The molecule has 1 saturated heterocycles. The van der Waals surface area contributed by atoms with Crippen LogP contribution in [0.3, 0.4) is 0 Å². The molecule has 2 aliphatic heterocycles. The first kappa shape index (κ1) is 21.7. The van der Waals surface area contributed by atoms with E-state index in [0.29, 0.717) is 5.92 Å². The summed E-state index contributed by atoms with van der Waals surface area (Å²) < 4.78 is 12.1. The van der Waals surface area contributed by atoms with Crippen LogP contribution in [0.2, 0.25) is 0 Å². The van der Waals surface area contributed by atoms with Gasteiger partial charge < -0.3 is 19.7 Å². The van der Waals surface area contributed by atoms with E-state index < -0.39 is 0 Å². The van der Waals surface area contributed by atoms with E-state index in [0.717, 1.165) is 106 Å². The van der Waals surface area contributed by atoms with Gasteiger partial charge in [0.05, 0.1) is 30.5 Å². The molecule has 3 aromatic rings. The Kier molecular flexibility index (Phi) is 6.25. The highest BCUT2D eigenvalue weighted by Gasteiger charge is 2.25. The number of hydrogen-bond acceptors (Lipinski definition) is 8. The smallest absolute Gasteiger partial charge is 0.149 e. The van der Waals surface area contributed by atoms with Gasteiger partial charge >= 0.3 is 0 Å². The summed E-state index contributed by atoms with van der Waals surface area (Å²) in [4.78, 5) is 21.0. The lowest BCUT2D eigenvalue weighted by molar-refractivity contribution is 0.122. The molecule has 1 aromatic carbocycles. The number of hydrogen-bond donors (Lipinski definition) is 1. The highest BCUT2D eigenvalue weighted by molar-refractivity contribution is 5.85. The summed E-state index contributed by atoms with van der Waals surface area (Å²) >= 11 is 0. The number of nitrogens with zero attached hydrogens (tertiary/aromatic N) is 5. The van der Waals surface area contributed by atoms with Crippen LogP contribution in [0.4, 0.5) is 5.69 Å². The number of nitrogens with one attached hydrogen (secondary N) is 1. The summed E-state index contributed by atoms with van der Waals surface area (Å²) in [5, 5.41) is 3.41. The van der Waals surface area contributed by atoms with Gasteiger partial charge in [0.25, 0.3) is 0 Å². The van der Waals surface area contributed by atoms with Crippen molar-refractivity contribution >= 4 is 16.7 Å². The molecule has 1 saturated carbocycles. The van der Waals surface area contributed by atoms with Crippen molar-refractivity contribution in [3.8, 4) is 5.75 Å². The van der Waals surface area contributed by atoms with Crippen LogP contribution in [-0.4, -0.2) is 58.9 Å². The summed E-state index contributed by atoms with van der Waals surface area (Å²) in [6.45, 7) is 5.17. The molecule has 0 bridgehead atoms. The monoisotopic (exact) mass is 460 g/mol. The quantitative estimate of drug-likeness (QED) is 0.622. The number of aromatic nitrogens is 4. The molecule has 3 aliphatic rings. The molecule has 0 unspecified atom stereocenters. The molecule has 2 fully saturated rings. The summed E-state index contributed by atoms with van der Waals surface area (Å²) in [6.07, 6.45) is 12.1. The third-order valence-corrected chi connectivity index (χ3v) is 7.33. The fourth-order valence-corrected chi connectivity index (χ4v) is 5.39. The van der Waals surface area contributed by atoms with E-state index >= 15 is 0 Å². The third-order valence-electron chi connectivity index (χ3n) is 7.33. The van der Waals surface area contributed by atoms with Crippen molar-refractivity contribution in [2.75, 3.05) is 37.7 Å². The molecule has 0 radical (unpaired) electrons. The second-order valence-electron chi connectivity index (χ2n) is 9.62. The number of fused-ring (bicyclic) bond motifs is 2. The molecule has 1 aliphatic carbocycles. The van der Waals surface area contributed by atoms with Crippen molar-refractivity contribution in [3.05, 3.63) is 47.8 Å². The molecular formula is C26H32N6O2. The summed E-state index contributed by atoms with van der Waals surface area (Å²) in [5.41, 5.74) is 5.35. The first-order valence-corrected chi connectivity index (χ1v) is 12.6. The van der Waals surface area contributed by atoms with Crippen LogP contribution in [0.5, 0.6) is 5.75 Å². The average molecular weight is 461 g/mol. The van der Waals surface area contributed by atoms with E-state index in [-0.39, 0.29) is 6.10 Å². The Morgan fingerprint density at radius 3 is 2.76 bits per heavy atom. The maximum absolute atomic E-state index is 6.57.